The lowest BCUT2D eigenvalue weighted by molar-refractivity contribution is -0.121. The monoisotopic (exact) mass is 417 g/mol. The lowest BCUT2D eigenvalue weighted by atomic mass is 10.1. The number of carbonyl (C=O) groups is 1. The molecule has 1 N–H and O–H groups in total. The van der Waals surface area contributed by atoms with Gasteiger partial charge in [0.1, 0.15) is 17.2 Å². The van der Waals surface area contributed by atoms with Crippen molar-refractivity contribution in [1.29, 1.82) is 0 Å². The number of halogens is 2. The van der Waals surface area contributed by atoms with E-state index in [0.717, 1.165) is 4.57 Å². The third-order valence-corrected chi connectivity index (χ3v) is 5.45. The molecule has 0 aliphatic carbocycles. The van der Waals surface area contributed by atoms with Crippen molar-refractivity contribution < 1.29 is 13.6 Å². The quantitative estimate of drug-likeness (QED) is 0.523. The number of nitrogens with zero attached hydrogens (tertiary/aromatic N) is 4. The fourth-order valence-electron chi connectivity index (χ4n) is 3.19. The minimum atomic E-state index is -2.74. The smallest absolute Gasteiger partial charge is 0.320 e. The van der Waals surface area contributed by atoms with Crippen LogP contribution in [-0.4, -0.2) is 31.6 Å². The summed E-state index contributed by atoms with van der Waals surface area (Å²) in [5, 5.41) is 4.91. The van der Waals surface area contributed by atoms with Gasteiger partial charge in [0.05, 0.1) is 22.7 Å². The van der Waals surface area contributed by atoms with Gasteiger partial charge in [0.2, 0.25) is 5.91 Å². The van der Waals surface area contributed by atoms with Gasteiger partial charge in [-0.1, -0.05) is 19.1 Å². The lowest BCUT2D eigenvalue weighted by Gasteiger charge is -2.15. The first kappa shape index (κ1) is 19.2. The van der Waals surface area contributed by atoms with Crippen LogP contribution < -0.4 is 10.9 Å². The van der Waals surface area contributed by atoms with Crippen molar-refractivity contribution in [1.82, 2.24) is 24.4 Å². The third kappa shape index (κ3) is 3.63. The first-order valence-electron chi connectivity index (χ1n) is 8.90. The summed E-state index contributed by atoms with van der Waals surface area (Å²) in [7, 11) is 0. The van der Waals surface area contributed by atoms with Gasteiger partial charge >= 0.3 is 6.55 Å². The molecule has 0 bridgehead atoms. The van der Waals surface area contributed by atoms with Crippen molar-refractivity contribution in [3.8, 4) is 0 Å². The number of nitrogens with one attached hydrogen (secondary N) is 1. The first-order chi connectivity index (χ1) is 14.0. The minimum Gasteiger partial charge on any atom is -0.354 e. The normalized spacial score (nSPS) is 12.7. The molecule has 4 aromatic rings. The highest BCUT2D eigenvalue weighted by Crippen LogP contribution is 2.27. The Morgan fingerprint density at radius 3 is 2.86 bits per heavy atom. The number of para-hydroxylation sites is 2. The molecule has 10 heteroatoms. The van der Waals surface area contributed by atoms with Gasteiger partial charge in [-0.3, -0.25) is 18.7 Å². The second kappa shape index (κ2) is 7.70. The van der Waals surface area contributed by atoms with Gasteiger partial charge in [0.15, 0.2) is 0 Å². The number of hydrogen-bond donors (Lipinski definition) is 1. The molecule has 0 spiro atoms. The highest BCUT2D eigenvalue weighted by molar-refractivity contribution is 7.16. The Morgan fingerprint density at radius 1 is 1.28 bits per heavy atom. The maximum absolute atomic E-state index is 13.6. The van der Waals surface area contributed by atoms with E-state index < -0.39 is 18.4 Å². The molecule has 1 amide bonds. The predicted molar refractivity (Wildman–Crippen MR) is 106 cm³/mol. The molecule has 0 saturated heterocycles. The lowest BCUT2D eigenvalue weighted by Crippen LogP contribution is -2.34. The summed E-state index contributed by atoms with van der Waals surface area (Å²) in [6.07, 6.45) is 1.33. The highest BCUT2D eigenvalue weighted by Gasteiger charge is 2.22. The van der Waals surface area contributed by atoms with Crippen molar-refractivity contribution >= 4 is 38.5 Å². The molecule has 150 valence electrons. The van der Waals surface area contributed by atoms with Crippen molar-refractivity contribution in [3.63, 3.8) is 0 Å². The number of thiophene rings is 1. The second-order valence-corrected chi connectivity index (χ2v) is 7.52. The molecule has 1 aromatic carbocycles. The SMILES string of the molecule is CC(CNC(=O)Cn1cnc2sccc2c1=O)c1nc2ccccc2n1C(F)F. The zero-order chi connectivity index (χ0) is 20.5. The molecule has 1 unspecified atom stereocenters. The summed E-state index contributed by atoms with van der Waals surface area (Å²) in [6, 6.07) is 8.33. The molecule has 4 rings (SSSR count). The van der Waals surface area contributed by atoms with Gasteiger partial charge in [-0.05, 0) is 23.6 Å². The molecule has 7 nitrogen and oxygen atoms in total. The first-order valence-corrected chi connectivity index (χ1v) is 9.78. The zero-order valence-electron chi connectivity index (χ0n) is 15.4. The van der Waals surface area contributed by atoms with Gasteiger partial charge in [-0.25, -0.2) is 9.97 Å². The van der Waals surface area contributed by atoms with Crippen LogP contribution in [0.1, 0.15) is 25.2 Å². The number of benzene rings is 1. The van der Waals surface area contributed by atoms with Gasteiger partial charge in [0, 0.05) is 12.5 Å². The molecule has 0 aliphatic heterocycles. The predicted octanol–water partition coefficient (Wildman–Crippen LogP) is 3.12. The molecular formula is C19H17F2N5O2S. The standard InChI is InChI=1S/C19H17F2N5O2S/c1-11(16-24-13-4-2-3-5-14(13)26(16)19(20)21)8-22-15(27)9-25-10-23-17-12(18(25)28)6-7-29-17/h2-7,10-11,19H,8-9H2,1H3,(H,22,27). The Morgan fingerprint density at radius 2 is 2.07 bits per heavy atom. The summed E-state index contributed by atoms with van der Waals surface area (Å²) in [4.78, 5) is 33.7. The second-order valence-electron chi connectivity index (χ2n) is 6.63. The van der Waals surface area contributed by atoms with E-state index in [1.165, 1.54) is 22.2 Å². The van der Waals surface area contributed by atoms with Crippen molar-refractivity contribution in [2.24, 2.45) is 0 Å². The van der Waals surface area contributed by atoms with Gasteiger partial charge < -0.3 is 5.32 Å². The Balaban J connectivity index is 1.48. The van der Waals surface area contributed by atoms with E-state index >= 15 is 0 Å². The van der Waals surface area contributed by atoms with E-state index in [1.807, 2.05) is 0 Å². The fraction of sp³-hybridized carbons (Fsp3) is 0.263. The van der Waals surface area contributed by atoms with Crippen LogP contribution in [0.3, 0.4) is 0 Å². The average Bonchev–Trinajstić information content (AvgIpc) is 3.33. The van der Waals surface area contributed by atoms with Crippen LogP contribution in [0.4, 0.5) is 8.78 Å². The number of carbonyl (C=O) groups excluding carboxylic acids is 1. The van der Waals surface area contributed by atoms with E-state index in [9.17, 15) is 18.4 Å². The van der Waals surface area contributed by atoms with Crippen molar-refractivity contribution in [3.05, 3.63) is 58.2 Å². The molecule has 0 aliphatic rings. The minimum absolute atomic E-state index is 0.109. The zero-order valence-corrected chi connectivity index (χ0v) is 16.2. The molecule has 1 atom stereocenters. The summed E-state index contributed by atoms with van der Waals surface area (Å²) < 4.78 is 29.3. The Labute approximate surface area is 167 Å². The fourth-order valence-corrected chi connectivity index (χ4v) is 3.91. The summed E-state index contributed by atoms with van der Waals surface area (Å²) >= 11 is 1.35. The van der Waals surface area contributed by atoms with E-state index in [4.69, 9.17) is 0 Å². The number of fused-ring (bicyclic) bond motifs is 2. The molecule has 3 aromatic heterocycles. The van der Waals surface area contributed by atoms with Crippen LogP contribution in [0, 0.1) is 0 Å². The summed E-state index contributed by atoms with van der Waals surface area (Å²) in [5.41, 5.74) is 0.527. The Bertz CT molecular complexity index is 1250. The van der Waals surface area contributed by atoms with E-state index in [2.05, 4.69) is 15.3 Å². The number of hydrogen-bond acceptors (Lipinski definition) is 5. The molecular weight excluding hydrogens is 400 g/mol. The van der Waals surface area contributed by atoms with Gasteiger partial charge in [-0.15, -0.1) is 11.3 Å². The van der Waals surface area contributed by atoms with Crippen molar-refractivity contribution in [2.75, 3.05) is 6.54 Å². The molecule has 3 heterocycles. The highest BCUT2D eigenvalue weighted by atomic mass is 32.1. The number of alkyl halides is 2. The molecule has 0 radical (unpaired) electrons. The Hall–Kier alpha value is -3.14. The van der Waals surface area contributed by atoms with Crippen LogP contribution in [0.2, 0.25) is 0 Å². The van der Waals surface area contributed by atoms with Crippen LogP contribution in [-0.2, 0) is 11.3 Å². The van der Waals surface area contributed by atoms with Crippen LogP contribution in [0.15, 0.2) is 46.8 Å². The molecule has 0 saturated carbocycles. The summed E-state index contributed by atoms with van der Waals surface area (Å²) in [6.45, 7) is -1.11. The topological polar surface area (TPSA) is 81.8 Å². The maximum atomic E-state index is 13.6. The van der Waals surface area contributed by atoms with E-state index in [-0.39, 0.29) is 24.5 Å². The summed E-state index contributed by atoms with van der Waals surface area (Å²) in [5.74, 6) is -0.662. The number of imidazole rings is 1. The Kier molecular flexibility index (Phi) is 5.10. The molecule has 29 heavy (non-hydrogen) atoms. The van der Waals surface area contributed by atoms with Gasteiger partial charge in [-0.2, -0.15) is 8.78 Å². The van der Waals surface area contributed by atoms with Gasteiger partial charge in [0.25, 0.3) is 5.56 Å². The number of amides is 1. The van der Waals surface area contributed by atoms with Crippen LogP contribution >= 0.6 is 11.3 Å². The largest absolute Gasteiger partial charge is 0.354 e. The van der Waals surface area contributed by atoms with Crippen LogP contribution in [0.25, 0.3) is 21.3 Å². The van der Waals surface area contributed by atoms with Crippen LogP contribution in [0.5, 0.6) is 0 Å². The number of rotatable bonds is 6. The number of aromatic nitrogens is 4. The van der Waals surface area contributed by atoms with Crippen molar-refractivity contribution in [2.45, 2.75) is 25.9 Å². The third-order valence-electron chi connectivity index (χ3n) is 4.63. The van der Waals surface area contributed by atoms with E-state index in [1.54, 1.807) is 42.6 Å². The average molecular weight is 417 g/mol. The molecule has 0 fully saturated rings. The van der Waals surface area contributed by atoms with E-state index in [0.29, 0.717) is 21.3 Å². The maximum Gasteiger partial charge on any atom is 0.320 e.